The molecule has 26 heavy (non-hydrogen) atoms. The molecule has 0 unspecified atom stereocenters. The lowest BCUT2D eigenvalue weighted by Gasteiger charge is -2.33. The van der Waals surface area contributed by atoms with E-state index in [1.165, 1.54) is 0 Å². The Morgan fingerprint density at radius 3 is 2.50 bits per heavy atom. The molecule has 3 aliphatic rings. The van der Waals surface area contributed by atoms with Gasteiger partial charge >= 0.3 is 12.1 Å². The number of nitrogens with zero attached hydrogens (tertiary/aromatic N) is 2. The van der Waals surface area contributed by atoms with Gasteiger partial charge in [-0.15, -0.1) is 0 Å². The van der Waals surface area contributed by atoms with Crippen molar-refractivity contribution in [1.29, 1.82) is 0 Å². The monoisotopic (exact) mass is 366 g/mol. The average molecular weight is 366 g/mol. The fourth-order valence-corrected chi connectivity index (χ4v) is 4.07. The number of hydrogen-bond acceptors (Lipinski definition) is 5. The first-order valence-corrected chi connectivity index (χ1v) is 8.95. The van der Waals surface area contributed by atoms with E-state index in [1.54, 1.807) is 9.80 Å². The molecule has 0 aromatic carbocycles. The predicted molar refractivity (Wildman–Crippen MR) is 91.1 cm³/mol. The number of carbonyl (C=O) groups excluding carboxylic acids is 4. The average Bonchev–Trinajstić information content (AvgIpc) is 3.00. The summed E-state index contributed by atoms with van der Waals surface area (Å²) in [6, 6.07) is -1.62. The van der Waals surface area contributed by atoms with Crippen LogP contribution in [0.1, 0.15) is 40.5 Å². The minimum atomic E-state index is -0.854. The molecule has 0 radical (unpaired) electrons. The summed E-state index contributed by atoms with van der Waals surface area (Å²) in [7, 11) is 0. The summed E-state index contributed by atoms with van der Waals surface area (Å²) in [6.45, 7) is 8.36. The third kappa shape index (κ3) is 3.61. The van der Waals surface area contributed by atoms with Crippen LogP contribution in [0, 0.1) is 5.92 Å². The van der Waals surface area contributed by atoms with Crippen molar-refractivity contribution in [3.63, 3.8) is 0 Å². The van der Waals surface area contributed by atoms with Gasteiger partial charge in [0.25, 0.3) is 0 Å². The summed E-state index contributed by atoms with van der Waals surface area (Å²) in [5.74, 6) is -0.550. The summed E-state index contributed by atoms with van der Waals surface area (Å²) in [4.78, 5) is 51.7. The van der Waals surface area contributed by atoms with Crippen LogP contribution in [0.3, 0.4) is 0 Å². The Morgan fingerprint density at radius 2 is 1.88 bits per heavy atom. The van der Waals surface area contributed by atoms with Crippen LogP contribution in [-0.4, -0.2) is 70.6 Å². The first kappa shape index (κ1) is 18.5. The molecule has 0 bridgehead atoms. The quantitative estimate of drug-likeness (QED) is 0.700. The van der Waals surface area contributed by atoms with Crippen molar-refractivity contribution in [2.75, 3.05) is 13.1 Å². The Hall–Kier alpha value is -2.32. The van der Waals surface area contributed by atoms with Gasteiger partial charge in [-0.05, 0) is 34.1 Å². The number of ether oxygens (including phenoxy) is 1. The fourth-order valence-electron chi connectivity index (χ4n) is 4.07. The van der Waals surface area contributed by atoms with E-state index >= 15 is 0 Å². The highest BCUT2D eigenvalue weighted by Gasteiger charge is 2.50. The lowest BCUT2D eigenvalue weighted by Crippen LogP contribution is -2.60. The van der Waals surface area contributed by atoms with Crippen molar-refractivity contribution in [2.45, 2.75) is 64.3 Å². The molecule has 144 valence electrons. The first-order valence-electron chi connectivity index (χ1n) is 8.95. The van der Waals surface area contributed by atoms with Gasteiger partial charge in [-0.25, -0.2) is 9.59 Å². The van der Waals surface area contributed by atoms with E-state index in [0.29, 0.717) is 13.1 Å². The number of carbonyl (C=O) groups is 4. The molecule has 3 rings (SSSR count). The van der Waals surface area contributed by atoms with Gasteiger partial charge in [-0.1, -0.05) is 0 Å². The Bertz CT molecular complexity index is 628. The zero-order valence-electron chi connectivity index (χ0n) is 15.6. The number of imide groups is 1. The third-order valence-corrected chi connectivity index (χ3v) is 5.03. The van der Waals surface area contributed by atoms with Crippen LogP contribution in [0.15, 0.2) is 0 Å². The van der Waals surface area contributed by atoms with Crippen molar-refractivity contribution in [2.24, 2.45) is 5.92 Å². The molecule has 3 heterocycles. The molecule has 9 heteroatoms. The molecule has 2 N–H and O–H groups in total. The number of likely N-dealkylation sites (tertiary alicyclic amines) is 2. The number of rotatable bonds is 1. The van der Waals surface area contributed by atoms with Crippen molar-refractivity contribution in [3.05, 3.63) is 0 Å². The lowest BCUT2D eigenvalue weighted by atomic mass is 10.0. The van der Waals surface area contributed by atoms with Gasteiger partial charge < -0.3 is 19.9 Å². The molecule has 4 atom stereocenters. The Kier molecular flexibility index (Phi) is 4.58. The number of amides is 5. The van der Waals surface area contributed by atoms with Crippen LogP contribution in [-0.2, 0) is 14.3 Å². The number of fused-ring (bicyclic) bond motifs is 1. The van der Waals surface area contributed by atoms with E-state index in [-0.39, 0.29) is 36.4 Å². The van der Waals surface area contributed by atoms with E-state index < -0.39 is 23.6 Å². The Balaban J connectivity index is 1.69. The van der Waals surface area contributed by atoms with Crippen LogP contribution in [0.4, 0.5) is 9.59 Å². The summed E-state index contributed by atoms with van der Waals surface area (Å²) in [5.41, 5.74) is -0.572. The van der Waals surface area contributed by atoms with E-state index in [9.17, 15) is 19.2 Å². The molecule has 9 nitrogen and oxygen atoms in total. The topological polar surface area (TPSA) is 108 Å². The molecule has 5 amide bonds. The second kappa shape index (κ2) is 6.44. The standard InChI is InChI=1S/C17H26N4O5/c1-9-5-10-7-20(16(25)26-17(2,3)4)8-12(10)21(9)14(23)11-6-13(22)19-15(24)18-11/h9-12H,5-8H2,1-4H3,(H2,18,19,22,24)/t9-,10+,11+,12-/m1/s1. The molecule has 0 aliphatic carbocycles. The van der Waals surface area contributed by atoms with E-state index in [4.69, 9.17) is 4.74 Å². The molecule has 3 saturated heterocycles. The first-order chi connectivity index (χ1) is 12.0. The van der Waals surface area contributed by atoms with Crippen LogP contribution in [0.25, 0.3) is 0 Å². The molecular formula is C17H26N4O5. The maximum atomic E-state index is 12.9. The van der Waals surface area contributed by atoms with Gasteiger partial charge in [0.15, 0.2) is 0 Å². The lowest BCUT2D eigenvalue weighted by molar-refractivity contribution is -0.138. The van der Waals surface area contributed by atoms with Crippen molar-refractivity contribution in [3.8, 4) is 0 Å². The van der Waals surface area contributed by atoms with Gasteiger partial charge in [0.1, 0.15) is 11.6 Å². The molecule has 3 aliphatic heterocycles. The highest BCUT2D eigenvalue weighted by Crippen LogP contribution is 2.36. The van der Waals surface area contributed by atoms with Crippen LogP contribution in [0.5, 0.6) is 0 Å². The van der Waals surface area contributed by atoms with Crippen molar-refractivity contribution < 1.29 is 23.9 Å². The van der Waals surface area contributed by atoms with Gasteiger partial charge in [0, 0.05) is 25.0 Å². The predicted octanol–water partition coefficient (Wildman–Crippen LogP) is 0.441. The van der Waals surface area contributed by atoms with E-state index in [0.717, 1.165) is 6.42 Å². The summed E-state index contributed by atoms with van der Waals surface area (Å²) in [5, 5.41) is 4.65. The maximum Gasteiger partial charge on any atom is 0.410 e. The summed E-state index contributed by atoms with van der Waals surface area (Å²) in [6.07, 6.45) is 0.334. The van der Waals surface area contributed by atoms with E-state index in [2.05, 4.69) is 10.6 Å². The Labute approximate surface area is 152 Å². The van der Waals surface area contributed by atoms with Gasteiger partial charge in [0.2, 0.25) is 11.8 Å². The van der Waals surface area contributed by atoms with Crippen molar-refractivity contribution in [1.82, 2.24) is 20.4 Å². The van der Waals surface area contributed by atoms with Crippen LogP contribution >= 0.6 is 0 Å². The highest BCUT2D eigenvalue weighted by molar-refractivity contribution is 6.02. The molecular weight excluding hydrogens is 340 g/mol. The second-order valence-corrected chi connectivity index (χ2v) is 8.32. The normalized spacial score (nSPS) is 31.4. The van der Waals surface area contributed by atoms with Crippen molar-refractivity contribution >= 4 is 23.9 Å². The minimum absolute atomic E-state index is 0.000163. The summed E-state index contributed by atoms with van der Waals surface area (Å²) < 4.78 is 5.43. The third-order valence-electron chi connectivity index (χ3n) is 5.03. The van der Waals surface area contributed by atoms with Crippen LogP contribution in [0.2, 0.25) is 0 Å². The molecule has 3 fully saturated rings. The van der Waals surface area contributed by atoms with Gasteiger partial charge in [-0.3, -0.25) is 14.9 Å². The number of nitrogens with one attached hydrogen (secondary N) is 2. The zero-order valence-corrected chi connectivity index (χ0v) is 15.6. The smallest absolute Gasteiger partial charge is 0.410 e. The molecule has 0 spiro atoms. The Morgan fingerprint density at radius 1 is 1.19 bits per heavy atom. The summed E-state index contributed by atoms with van der Waals surface area (Å²) >= 11 is 0. The van der Waals surface area contributed by atoms with E-state index in [1.807, 2.05) is 27.7 Å². The second-order valence-electron chi connectivity index (χ2n) is 8.32. The van der Waals surface area contributed by atoms with Crippen LogP contribution < -0.4 is 10.6 Å². The minimum Gasteiger partial charge on any atom is -0.444 e. The zero-order chi connectivity index (χ0) is 19.2. The molecule has 0 saturated carbocycles. The molecule has 0 aromatic heterocycles. The number of hydrogen-bond donors (Lipinski definition) is 2. The fraction of sp³-hybridized carbons (Fsp3) is 0.765. The van der Waals surface area contributed by atoms with Gasteiger partial charge in [0.05, 0.1) is 12.5 Å². The van der Waals surface area contributed by atoms with Gasteiger partial charge in [-0.2, -0.15) is 0 Å². The molecule has 0 aromatic rings. The highest BCUT2D eigenvalue weighted by atomic mass is 16.6. The maximum absolute atomic E-state index is 12.9. The number of urea groups is 1. The SMILES string of the molecule is C[C@@H]1C[C@H]2CN(C(=O)OC(C)(C)C)C[C@H]2N1C(=O)[C@@H]1CC(=O)NC(=O)N1. The largest absolute Gasteiger partial charge is 0.444 e.